The topological polar surface area (TPSA) is 32.5 Å². The molecule has 1 aromatic carbocycles. The number of hydrogen-bond acceptors (Lipinski definition) is 3. The molecule has 0 spiro atoms. The van der Waals surface area contributed by atoms with Gasteiger partial charge < -0.3 is 10.6 Å². The highest BCUT2D eigenvalue weighted by molar-refractivity contribution is 5.49. The van der Waals surface area contributed by atoms with Crippen LogP contribution in [-0.2, 0) is 6.54 Å². The van der Waals surface area contributed by atoms with Gasteiger partial charge in [0.1, 0.15) is 0 Å². The molecule has 0 bridgehead atoms. The lowest BCUT2D eigenvalue weighted by molar-refractivity contribution is 0.157. The normalized spacial score (nSPS) is 16.1. The molecule has 1 aliphatic heterocycles. The number of nitrogens with zero attached hydrogens (tertiary/aromatic N) is 2. The third kappa shape index (κ3) is 3.10. The molecule has 3 nitrogen and oxygen atoms in total. The van der Waals surface area contributed by atoms with Gasteiger partial charge in [0.05, 0.1) is 5.70 Å². The smallest absolute Gasteiger partial charge is 0.0804 e. The van der Waals surface area contributed by atoms with E-state index in [0.717, 1.165) is 44.1 Å². The average Bonchev–Trinajstić information content (AvgIpc) is 2.44. The molecular weight excluding hydrogens is 234 g/mol. The maximum absolute atomic E-state index is 5.95. The van der Waals surface area contributed by atoms with E-state index in [1.807, 2.05) is 12.1 Å². The zero-order valence-corrected chi connectivity index (χ0v) is 11.5. The molecule has 0 radical (unpaired) electrons. The predicted octanol–water partition coefficient (Wildman–Crippen LogP) is 1.84. The minimum Gasteiger partial charge on any atom is -0.399 e. The molecule has 1 saturated heterocycles. The second kappa shape index (κ2) is 5.81. The number of nitrogens with two attached hydrogens (primary N) is 1. The molecule has 2 rings (SSSR count). The summed E-state index contributed by atoms with van der Waals surface area (Å²) in [5, 5.41) is 0. The van der Waals surface area contributed by atoms with Gasteiger partial charge in [-0.2, -0.15) is 0 Å². The number of terminal acetylenes is 1. The van der Waals surface area contributed by atoms with Crippen LogP contribution in [0.5, 0.6) is 0 Å². The van der Waals surface area contributed by atoms with Gasteiger partial charge in [-0.15, -0.1) is 6.42 Å². The van der Waals surface area contributed by atoms with E-state index in [0.29, 0.717) is 0 Å². The minimum absolute atomic E-state index is 0.791. The summed E-state index contributed by atoms with van der Waals surface area (Å²) in [6.45, 7) is 10.8. The Bertz CT molecular complexity index is 505. The fraction of sp³-hybridized carbons (Fsp3) is 0.375. The third-order valence-electron chi connectivity index (χ3n) is 3.80. The van der Waals surface area contributed by atoms with Crippen molar-refractivity contribution in [3.63, 3.8) is 0 Å². The van der Waals surface area contributed by atoms with E-state index in [-0.39, 0.29) is 0 Å². The van der Waals surface area contributed by atoms with E-state index >= 15 is 0 Å². The zero-order valence-electron chi connectivity index (χ0n) is 11.5. The quantitative estimate of drug-likeness (QED) is 0.661. The number of hydrogen-bond donors (Lipinski definition) is 1. The summed E-state index contributed by atoms with van der Waals surface area (Å²) in [5.41, 5.74) is 10.1. The molecule has 0 unspecified atom stereocenters. The van der Waals surface area contributed by atoms with Gasteiger partial charge in [-0.1, -0.05) is 24.6 Å². The van der Waals surface area contributed by atoms with Gasteiger partial charge in [-0.25, -0.2) is 0 Å². The monoisotopic (exact) mass is 255 g/mol. The lowest BCUT2D eigenvalue weighted by atomic mass is 10.1. The lowest BCUT2D eigenvalue weighted by Crippen LogP contribution is -2.45. The van der Waals surface area contributed by atoms with Crippen LogP contribution in [0.4, 0.5) is 5.69 Å². The van der Waals surface area contributed by atoms with Crippen LogP contribution in [-0.4, -0.2) is 36.0 Å². The van der Waals surface area contributed by atoms with Crippen LogP contribution < -0.4 is 5.73 Å². The van der Waals surface area contributed by atoms with Crippen molar-refractivity contribution >= 4 is 5.69 Å². The Hall–Kier alpha value is -1.92. The standard InChI is InChI=1S/C16H21N3/c1-4-13(2)19-10-8-18(9-11-19)12-15-6-5-7-16(17)14(15)3/h1,5-7H,2,8-12,17H2,3H3. The van der Waals surface area contributed by atoms with E-state index in [9.17, 15) is 0 Å². The molecule has 0 saturated carbocycles. The predicted molar refractivity (Wildman–Crippen MR) is 80.4 cm³/mol. The molecule has 0 aromatic heterocycles. The average molecular weight is 255 g/mol. The second-order valence-corrected chi connectivity index (χ2v) is 4.99. The number of nitrogen functional groups attached to an aromatic ring is 1. The van der Waals surface area contributed by atoms with Gasteiger partial charge in [0, 0.05) is 38.4 Å². The van der Waals surface area contributed by atoms with E-state index in [2.05, 4.69) is 35.3 Å². The van der Waals surface area contributed by atoms with E-state index in [1.165, 1.54) is 11.1 Å². The fourth-order valence-corrected chi connectivity index (χ4v) is 2.38. The Balaban J connectivity index is 1.94. The highest BCUT2D eigenvalue weighted by atomic mass is 15.3. The van der Waals surface area contributed by atoms with Crippen LogP contribution in [0.3, 0.4) is 0 Å². The van der Waals surface area contributed by atoms with E-state index < -0.39 is 0 Å². The minimum atomic E-state index is 0.791. The van der Waals surface area contributed by atoms with Crippen LogP contribution in [0.1, 0.15) is 11.1 Å². The Morgan fingerprint density at radius 3 is 2.68 bits per heavy atom. The molecule has 19 heavy (non-hydrogen) atoms. The SMILES string of the molecule is C#CC(=C)N1CCN(Cc2cccc(N)c2C)CC1. The number of rotatable bonds is 3. The molecule has 1 aromatic rings. The zero-order chi connectivity index (χ0) is 13.8. The van der Waals surface area contributed by atoms with Crippen LogP contribution in [0.15, 0.2) is 30.5 Å². The highest BCUT2D eigenvalue weighted by Crippen LogP contribution is 2.18. The molecule has 100 valence electrons. The van der Waals surface area contributed by atoms with Gasteiger partial charge in [0.15, 0.2) is 0 Å². The van der Waals surface area contributed by atoms with Crippen molar-refractivity contribution in [3.8, 4) is 12.3 Å². The van der Waals surface area contributed by atoms with Crippen molar-refractivity contribution in [3.05, 3.63) is 41.6 Å². The van der Waals surface area contributed by atoms with Gasteiger partial charge >= 0.3 is 0 Å². The number of piperazine rings is 1. The van der Waals surface area contributed by atoms with Crippen molar-refractivity contribution in [1.82, 2.24) is 9.80 Å². The molecule has 1 fully saturated rings. The van der Waals surface area contributed by atoms with Crippen LogP contribution in [0.2, 0.25) is 0 Å². The highest BCUT2D eigenvalue weighted by Gasteiger charge is 2.17. The Morgan fingerprint density at radius 2 is 2.05 bits per heavy atom. The molecule has 1 heterocycles. The number of benzene rings is 1. The molecule has 0 amide bonds. The summed E-state index contributed by atoms with van der Waals surface area (Å²) < 4.78 is 0. The molecule has 0 aliphatic carbocycles. The maximum atomic E-state index is 5.95. The van der Waals surface area contributed by atoms with Crippen LogP contribution in [0.25, 0.3) is 0 Å². The third-order valence-corrected chi connectivity index (χ3v) is 3.80. The maximum Gasteiger partial charge on any atom is 0.0804 e. The number of allylic oxidation sites excluding steroid dienone is 1. The Morgan fingerprint density at radius 1 is 1.37 bits per heavy atom. The van der Waals surface area contributed by atoms with Gasteiger partial charge in [0.25, 0.3) is 0 Å². The van der Waals surface area contributed by atoms with Crippen LogP contribution >= 0.6 is 0 Å². The number of anilines is 1. The van der Waals surface area contributed by atoms with Gasteiger partial charge in [0.2, 0.25) is 0 Å². The molecule has 0 atom stereocenters. The van der Waals surface area contributed by atoms with Crippen LogP contribution in [0, 0.1) is 19.3 Å². The summed E-state index contributed by atoms with van der Waals surface area (Å²) in [4.78, 5) is 4.60. The summed E-state index contributed by atoms with van der Waals surface area (Å²) >= 11 is 0. The van der Waals surface area contributed by atoms with Crippen molar-refractivity contribution in [2.75, 3.05) is 31.9 Å². The summed E-state index contributed by atoms with van der Waals surface area (Å²) in [5.74, 6) is 2.61. The Kier molecular flexibility index (Phi) is 4.13. The molecular formula is C16H21N3. The first-order chi connectivity index (χ1) is 9.11. The molecule has 2 N–H and O–H groups in total. The van der Waals surface area contributed by atoms with Gasteiger partial charge in [-0.05, 0) is 24.1 Å². The Labute approximate surface area is 115 Å². The van der Waals surface area contributed by atoms with Crippen molar-refractivity contribution in [2.24, 2.45) is 0 Å². The molecule has 1 aliphatic rings. The van der Waals surface area contributed by atoms with E-state index in [4.69, 9.17) is 12.2 Å². The summed E-state index contributed by atoms with van der Waals surface area (Å²) in [6, 6.07) is 6.13. The fourth-order valence-electron chi connectivity index (χ4n) is 2.38. The first-order valence-electron chi connectivity index (χ1n) is 6.58. The van der Waals surface area contributed by atoms with Gasteiger partial charge in [-0.3, -0.25) is 4.90 Å². The summed E-state index contributed by atoms with van der Waals surface area (Å²) in [7, 11) is 0. The first-order valence-corrected chi connectivity index (χ1v) is 6.58. The first kappa shape index (κ1) is 13.5. The van der Waals surface area contributed by atoms with Crippen molar-refractivity contribution in [1.29, 1.82) is 0 Å². The van der Waals surface area contributed by atoms with Crippen molar-refractivity contribution in [2.45, 2.75) is 13.5 Å². The largest absolute Gasteiger partial charge is 0.399 e. The molecule has 3 heteroatoms. The van der Waals surface area contributed by atoms with Crippen molar-refractivity contribution < 1.29 is 0 Å². The van der Waals surface area contributed by atoms with E-state index in [1.54, 1.807) is 0 Å². The lowest BCUT2D eigenvalue weighted by Gasteiger charge is -2.35. The second-order valence-electron chi connectivity index (χ2n) is 4.99. The summed E-state index contributed by atoms with van der Waals surface area (Å²) in [6.07, 6.45) is 5.38.